The number of unbranched alkanes of at least 4 members (excludes halogenated alkanes) is 1. The van der Waals surface area contributed by atoms with Crippen molar-refractivity contribution in [1.29, 1.82) is 0 Å². The molecule has 1 aliphatic rings. The van der Waals surface area contributed by atoms with E-state index in [9.17, 15) is 4.79 Å². The van der Waals surface area contributed by atoms with E-state index in [0.717, 1.165) is 12.8 Å². The lowest BCUT2D eigenvalue weighted by Crippen LogP contribution is -2.32. The number of carbonyl (C=O) groups is 2. The molecule has 0 heterocycles. The van der Waals surface area contributed by atoms with Crippen molar-refractivity contribution >= 4 is 12.0 Å². The maximum absolute atomic E-state index is 11.2. The van der Waals surface area contributed by atoms with Gasteiger partial charge in [-0.2, -0.15) is 0 Å². The second kappa shape index (κ2) is 9.00. The third-order valence-corrected chi connectivity index (χ3v) is 2.48. The van der Waals surface area contributed by atoms with Crippen molar-refractivity contribution in [1.82, 2.24) is 5.32 Å². The van der Waals surface area contributed by atoms with Crippen LogP contribution in [0.15, 0.2) is 0 Å². The van der Waals surface area contributed by atoms with Crippen LogP contribution in [0.25, 0.3) is 0 Å². The third-order valence-electron chi connectivity index (χ3n) is 2.48. The minimum absolute atomic E-state index is 0.253. The summed E-state index contributed by atoms with van der Waals surface area (Å²) in [6.45, 7) is 2.11. The Labute approximate surface area is 96.4 Å². The molecule has 0 aromatic carbocycles. The van der Waals surface area contributed by atoms with Crippen LogP contribution in [-0.2, 0) is 4.79 Å². The Morgan fingerprint density at radius 1 is 1.38 bits per heavy atom. The van der Waals surface area contributed by atoms with E-state index >= 15 is 0 Å². The first-order chi connectivity index (χ1) is 7.56. The molecule has 4 N–H and O–H groups in total. The SMILES string of the molecule is CCCCC(=O)NC1CCCC1.NC(=O)O. The summed E-state index contributed by atoms with van der Waals surface area (Å²) >= 11 is 0. The first kappa shape index (κ1) is 14.7. The first-order valence-electron chi connectivity index (χ1n) is 5.84. The fourth-order valence-corrected chi connectivity index (χ4v) is 1.71. The van der Waals surface area contributed by atoms with Crippen LogP contribution in [0.3, 0.4) is 0 Å². The van der Waals surface area contributed by atoms with Gasteiger partial charge in [0.1, 0.15) is 0 Å². The van der Waals surface area contributed by atoms with Gasteiger partial charge < -0.3 is 16.2 Å². The summed E-state index contributed by atoms with van der Waals surface area (Å²) in [5.41, 5.74) is 4.03. The van der Waals surface area contributed by atoms with Crippen LogP contribution in [0.2, 0.25) is 0 Å². The van der Waals surface area contributed by atoms with Gasteiger partial charge in [0.05, 0.1) is 0 Å². The highest BCUT2D eigenvalue weighted by molar-refractivity contribution is 5.76. The van der Waals surface area contributed by atoms with E-state index in [-0.39, 0.29) is 5.91 Å². The molecule has 0 aromatic rings. The Kier molecular flexibility index (Phi) is 8.29. The molecule has 0 radical (unpaired) electrons. The minimum Gasteiger partial charge on any atom is -0.465 e. The van der Waals surface area contributed by atoms with E-state index in [2.05, 4.69) is 18.0 Å². The van der Waals surface area contributed by atoms with Crippen LogP contribution in [0.1, 0.15) is 51.9 Å². The smallest absolute Gasteiger partial charge is 0.402 e. The summed E-state index contributed by atoms with van der Waals surface area (Å²) in [6, 6.07) is 0.495. The number of primary amides is 1. The van der Waals surface area contributed by atoms with Crippen molar-refractivity contribution in [3.63, 3.8) is 0 Å². The second-order valence-electron chi connectivity index (χ2n) is 3.99. The molecule has 16 heavy (non-hydrogen) atoms. The largest absolute Gasteiger partial charge is 0.465 e. The molecule has 2 amide bonds. The molecule has 0 spiro atoms. The summed E-state index contributed by atoms with van der Waals surface area (Å²) in [5.74, 6) is 0.253. The Hall–Kier alpha value is -1.26. The van der Waals surface area contributed by atoms with E-state index in [0.29, 0.717) is 12.5 Å². The number of rotatable bonds is 4. The number of nitrogens with one attached hydrogen (secondary N) is 1. The highest BCUT2D eigenvalue weighted by atomic mass is 16.4. The number of carboxylic acid groups (broad SMARTS) is 1. The number of hydrogen-bond acceptors (Lipinski definition) is 2. The predicted molar refractivity (Wildman–Crippen MR) is 62.1 cm³/mol. The lowest BCUT2D eigenvalue weighted by molar-refractivity contribution is -0.121. The average molecular weight is 230 g/mol. The Balaban J connectivity index is 0.000000487. The maximum atomic E-state index is 11.2. The molecule has 0 unspecified atom stereocenters. The lowest BCUT2D eigenvalue weighted by Gasteiger charge is -2.10. The van der Waals surface area contributed by atoms with E-state index in [4.69, 9.17) is 9.90 Å². The Morgan fingerprint density at radius 3 is 2.31 bits per heavy atom. The van der Waals surface area contributed by atoms with Gasteiger partial charge in [0.25, 0.3) is 0 Å². The monoisotopic (exact) mass is 230 g/mol. The van der Waals surface area contributed by atoms with E-state index in [1.807, 2.05) is 0 Å². The van der Waals surface area contributed by atoms with Gasteiger partial charge in [0, 0.05) is 12.5 Å². The molecule has 0 saturated heterocycles. The van der Waals surface area contributed by atoms with Crippen LogP contribution in [-0.4, -0.2) is 23.1 Å². The van der Waals surface area contributed by atoms with Gasteiger partial charge in [-0.25, -0.2) is 4.79 Å². The van der Waals surface area contributed by atoms with Gasteiger partial charge in [0.2, 0.25) is 5.91 Å². The highest BCUT2D eigenvalue weighted by Crippen LogP contribution is 2.17. The van der Waals surface area contributed by atoms with Crippen LogP contribution in [0.4, 0.5) is 4.79 Å². The van der Waals surface area contributed by atoms with E-state index in [1.165, 1.54) is 25.7 Å². The fraction of sp³-hybridized carbons (Fsp3) is 0.818. The molecule has 0 atom stereocenters. The van der Waals surface area contributed by atoms with Gasteiger partial charge >= 0.3 is 6.09 Å². The van der Waals surface area contributed by atoms with Crippen molar-refractivity contribution in [3.05, 3.63) is 0 Å². The zero-order valence-corrected chi connectivity index (χ0v) is 9.87. The molecule has 0 bridgehead atoms. The lowest BCUT2D eigenvalue weighted by atomic mass is 10.2. The van der Waals surface area contributed by atoms with Crippen molar-refractivity contribution in [2.24, 2.45) is 5.73 Å². The summed E-state index contributed by atoms with van der Waals surface area (Å²) in [4.78, 5) is 20.0. The van der Waals surface area contributed by atoms with Gasteiger partial charge in [0.15, 0.2) is 0 Å². The molecule has 94 valence electrons. The van der Waals surface area contributed by atoms with Crippen molar-refractivity contribution in [2.75, 3.05) is 0 Å². The first-order valence-corrected chi connectivity index (χ1v) is 5.84. The van der Waals surface area contributed by atoms with Crippen LogP contribution >= 0.6 is 0 Å². The standard InChI is InChI=1S/C10H19NO.CH3NO2/c1-2-3-8-10(12)11-9-6-4-5-7-9;2-1(3)4/h9H,2-8H2,1H3,(H,11,12);2H2,(H,3,4). The molecule has 5 heteroatoms. The van der Waals surface area contributed by atoms with Crippen LogP contribution in [0.5, 0.6) is 0 Å². The summed E-state index contributed by atoms with van der Waals surface area (Å²) in [7, 11) is 0. The summed E-state index contributed by atoms with van der Waals surface area (Å²) < 4.78 is 0. The quantitative estimate of drug-likeness (QED) is 0.688. The number of hydrogen-bond donors (Lipinski definition) is 3. The van der Waals surface area contributed by atoms with Gasteiger partial charge in [-0.15, -0.1) is 0 Å². The van der Waals surface area contributed by atoms with Gasteiger partial charge in [-0.3, -0.25) is 4.79 Å². The Morgan fingerprint density at radius 2 is 1.88 bits per heavy atom. The van der Waals surface area contributed by atoms with Gasteiger partial charge in [-0.1, -0.05) is 26.2 Å². The topological polar surface area (TPSA) is 92.4 Å². The molecular formula is C11H22N2O3. The van der Waals surface area contributed by atoms with Gasteiger partial charge in [-0.05, 0) is 19.3 Å². The summed E-state index contributed by atoms with van der Waals surface area (Å²) in [5, 5.41) is 10.3. The molecule has 1 saturated carbocycles. The van der Waals surface area contributed by atoms with Crippen molar-refractivity contribution in [2.45, 2.75) is 57.9 Å². The number of carbonyl (C=O) groups excluding carboxylic acids is 1. The molecule has 0 aromatic heterocycles. The van der Waals surface area contributed by atoms with Crippen molar-refractivity contribution in [3.8, 4) is 0 Å². The number of amides is 2. The van der Waals surface area contributed by atoms with E-state index in [1.54, 1.807) is 0 Å². The highest BCUT2D eigenvalue weighted by Gasteiger charge is 2.16. The second-order valence-corrected chi connectivity index (χ2v) is 3.99. The molecule has 1 rings (SSSR count). The molecular weight excluding hydrogens is 208 g/mol. The Bertz CT molecular complexity index is 209. The maximum Gasteiger partial charge on any atom is 0.402 e. The van der Waals surface area contributed by atoms with Crippen LogP contribution in [0, 0.1) is 0 Å². The molecule has 1 fully saturated rings. The van der Waals surface area contributed by atoms with Crippen LogP contribution < -0.4 is 11.1 Å². The van der Waals surface area contributed by atoms with E-state index < -0.39 is 6.09 Å². The normalized spacial score (nSPS) is 15.1. The third kappa shape index (κ3) is 9.30. The zero-order chi connectivity index (χ0) is 12.4. The predicted octanol–water partition coefficient (Wildman–Crippen LogP) is 1.86. The molecule has 0 aliphatic heterocycles. The molecule has 5 nitrogen and oxygen atoms in total. The molecule has 1 aliphatic carbocycles. The fourth-order valence-electron chi connectivity index (χ4n) is 1.71. The minimum atomic E-state index is -1.33. The average Bonchev–Trinajstić information content (AvgIpc) is 2.66. The number of nitrogens with two attached hydrogens (primary N) is 1. The summed E-state index contributed by atoms with van der Waals surface area (Å²) in [6.07, 6.45) is 6.48. The van der Waals surface area contributed by atoms with Crippen molar-refractivity contribution < 1.29 is 14.7 Å². The zero-order valence-electron chi connectivity index (χ0n) is 9.87.